The van der Waals surface area contributed by atoms with Gasteiger partial charge in [0.15, 0.2) is 0 Å². The Kier molecular flexibility index (Phi) is 6.36. The maximum absolute atomic E-state index is 11.7. The van der Waals surface area contributed by atoms with Crippen molar-refractivity contribution in [1.29, 1.82) is 0 Å². The third-order valence-corrected chi connectivity index (χ3v) is 2.66. The van der Waals surface area contributed by atoms with E-state index < -0.39 is 0 Å². The quantitative estimate of drug-likeness (QED) is 0.660. The van der Waals surface area contributed by atoms with Crippen LogP contribution in [0.4, 0.5) is 11.4 Å². The fraction of sp³-hybridized carbons (Fsp3) is 0.429. The molecular weight excluding hydrogens is 258 g/mol. The molecule has 0 aromatic heterocycles. The van der Waals surface area contributed by atoms with E-state index in [4.69, 9.17) is 10.5 Å². The zero-order valence-corrected chi connectivity index (χ0v) is 11.9. The van der Waals surface area contributed by atoms with E-state index in [1.54, 1.807) is 18.2 Å². The van der Waals surface area contributed by atoms with Gasteiger partial charge in [0.1, 0.15) is 5.75 Å². The topological polar surface area (TPSA) is 93.5 Å². The van der Waals surface area contributed by atoms with Crippen LogP contribution in [0.3, 0.4) is 0 Å². The van der Waals surface area contributed by atoms with Crippen LogP contribution >= 0.6 is 0 Å². The molecule has 0 fully saturated rings. The van der Waals surface area contributed by atoms with Crippen molar-refractivity contribution in [3.8, 4) is 5.75 Å². The fourth-order valence-corrected chi connectivity index (χ4v) is 1.62. The van der Waals surface area contributed by atoms with Gasteiger partial charge in [0.05, 0.1) is 12.8 Å². The number of carbonyl (C=O) groups is 2. The van der Waals surface area contributed by atoms with Gasteiger partial charge in [-0.15, -0.1) is 0 Å². The zero-order chi connectivity index (χ0) is 15.0. The van der Waals surface area contributed by atoms with Crippen LogP contribution in [-0.2, 0) is 9.59 Å². The third kappa shape index (κ3) is 5.17. The van der Waals surface area contributed by atoms with Gasteiger partial charge in [0, 0.05) is 25.1 Å². The molecule has 0 radical (unpaired) electrons. The molecule has 2 amide bonds. The van der Waals surface area contributed by atoms with Crippen LogP contribution in [0, 0.1) is 0 Å². The molecule has 0 aliphatic heterocycles. The molecule has 0 bridgehead atoms. The third-order valence-electron chi connectivity index (χ3n) is 2.66. The Morgan fingerprint density at radius 1 is 1.25 bits per heavy atom. The fourth-order valence-electron chi connectivity index (χ4n) is 1.62. The van der Waals surface area contributed by atoms with E-state index in [-0.39, 0.29) is 24.7 Å². The Bertz CT molecular complexity index is 475. The molecule has 0 spiro atoms. The van der Waals surface area contributed by atoms with Gasteiger partial charge < -0.3 is 21.1 Å². The molecule has 0 aliphatic carbocycles. The summed E-state index contributed by atoms with van der Waals surface area (Å²) in [5.74, 6) is 0.222. The number of rotatable bonds is 7. The van der Waals surface area contributed by atoms with Crippen LogP contribution in [0.15, 0.2) is 18.2 Å². The summed E-state index contributed by atoms with van der Waals surface area (Å²) in [7, 11) is 1.53. The molecule has 20 heavy (non-hydrogen) atoms. The second-order valence-corrected chi connectivity index (χ2v) is 4.35. The van der Waals surface area contributed by atoms with Gasteiger partial charge in [0.2, 0.25) is 11.8 Å². The minimum Gasteiger partial charge on any atom is -0.495 e. The molecule has 0 atom stereocenters. The molecule has 6 nitrogen and oxygen atoms in total. The van der Waals surface area contributed by atoms with Crippen molar-refractivity contribution in [2.75, 3.05) is 24.7 Å². The molecule has 0 saturated carbocycles. The van der Waals surface area contributed by atoms with Gasteiger partial charge in [-0.05, 0) is 24.6 Å². The van der Waals surface area contributed by atoms with E-state index in [9.17, 15) is 9.59 Å². The lowest BCUT2D eigenvalue weighted by atomic mass is 10.2. The molecule has 1 aromatic carbocycles. The van der Waals surface area contributed by atoms with Crippen molar-refractivity contribution in [2.45, 2.75) is 26.2 Å². The van der Waals surface area contributed by atoms with Crippen molar-refractivity contribution >= 4 is 23.2 Å². The molecular formula is C14H21N3O3. The Morgan fingerprint density at radius 3 is 2.55 bits per heavy atom. The van der Waals surface area contributed by atoms with Crippen molar-refractivity contribution in [3.05, 3.63) is 18.2 Å². The standard InChI is InChI=1S/C14H21N3O3/c1-3-8-16-13(18)6-7-14(19)17-10-4-5-12(20-2)11(15)9-10/h4-5,9H,3,6-8,15H2,1-2H3,(H,16,18)(H,17,19). The number of amides is 2. The van der Waals surface area contributed by atoms with E-state index in [1.165, 1.54) is 7.11 Å². The largest absolute Gasteiger partial charge is 0.495 e. The Hall–Kier alpha value is -2.24. The predicted octanol–water partition coefficient (Wildman–Crippen LogP) is 1.52. The number of carbonyl (C=O) groups excluding carboxylic acids is 2. The SMILES string of the molecule is CCCNC(=O)CCC(=O)Nc1ccc(OC)c(N)c1. The summed E-state index contributed by atoms with van der Waals surface area (Å²) in [6.07, 6.45) is 1.20. The van der Waals surface area contributed by atoms with Crippen LogP contribution < -0.4 is 21.1 Å². The maximum atomic E-state index is 11.7. The van der Waals surface area contributed by atoms with E-state index in [0.717, 1.165) is 6.42 Å². The van der Waals surface area contributed by atoms with E-state index in [1.807, 2.05) is 6.92 Å². The minimum atomic E-state index is -0.221. The summed E-state index contributed by atoms with van der Waals surface area (Å²) >= 11 is 0. The number of hydrogen-bond acceptors (Lipinski definition) is 4. The van der Waals surface area contributed by atoms with Gasteiger partial charge in [-0.25, -0.2) is 0 Å². The molecule has 110 valence electrons. The Labute approximate surface area is 118 Å². The first-order chi connectivity index (χ1) is 9.56. The number of nitrogens with two attached hydrogens (primary N) is 1. The second-order valence-electron chi connectivity index (χ2n) is 4.35. The van der Waals surface area contributed by atoms with Crippen LogP contribution in [0.25, 0.3) is 0 Å². The Morgan fingerprint density at radius 2 is 1.95 bits per heavy atom. The van der Waals surface area contributed by atoms with Crippen LogP contribution in [-0.4, -0.2) is 25.5 Å². The van der Waals surface area contributed by atoms with E-state index in [2.05, 4.69) is 10.6 Å². The molecule has 0 saturated heterocycles. The summed E-state index contributed by atoms with van der Waals surface area (Å²) in [6.45, 7) is 2.61. The number of nitrogen functional groups attached to an aromatic ring is 1. The van der Waals surface area contributed by atoms with Gasteiger partial charge in [-0.3, -0.25) is 9.59 Å². The second kappa shape index (κ2) is 8.04. The monoisotopic (exact) mass is 279 g/mol. The summed E-state index contributed by atoms with van der Waals surface area (Å²) in [4.78, 5) is 23.1. The van der Waals surface area contributed by atoms with Gasteiger partial charge in [-0.2, -0.15) is 0 Å². The number of ether oxygens (including phenoxy) is 1. The van der Waals surface area contributed by atoms with Crippen LogP contribution in [0.1, 0.15) is 26.2 Å². The van der Waals surface area contributed by atoms with Crippen molar-refractivity contribution in [1.82, 2.24) is 5.32 Å². The maximum Gasteiger partial charge on any atom is 0.224 e. The van der Waals surface area contributed by atoms with E-state index >= 15 is 0 Å². The van der Waals surface area contributed by atoms with Crippen molar-refractivity contribution < 1.29 is 14.3 Å². The zero-order valence-electron chi connectivity index (χ0n) is 11.9. The number of nitrogens with one attached hydrogen (secondary N) is 2. The molecule has 1 rings (SSSR count). The first-order valence-corrected chi connectivity index (χ1v) is 6.57. The smallest absolute Gasteiger partial charge is 0.224 e. The Balaban J connectivity index is 2.42. The highest BCUT2D eigenvalue weighted by Gasteiger charge is 2.08. The van der Waals surface area contributed by atoms with Crippen molar-refractivity contribution in [2.24, 2.45) is 0 Å². The lowest BCUT2D eigenvalue weighted by molar-refractivity contribution is -0.124. The lowest BCUT2D eigenvalue weighted by Crippen LogP contribution is -2.25. The van der Waals surface area contributed by atoms with Gasteiger partial charge >= 0.3 is 0 Å². The summed E-state index contributed by atoms with van der Waals surface area (Å²) in [5.41, 5.74) is 6.78. The molecule has 1 aromatic rings. The van der Waals surface area contributed by atoms with Crippen LogP contribution in [0.2, 0.25) is 0 Å². The van der Waals surface area contributed by atoms with Crippen LogP contribution in [0.5, 0.6) is 5.75 Å². The minimum absolute atomic E-state index is 0.115. The lowest BCUT2D eigenvalue weighted by Gasteiger charge is -2.09. The molecule has 0 aliphatic rings. The number of anilines is 2. The van der Waals surface area contributed by atoms with Crippen molar-refractivity contribution in [3.63, 3.8) is 0 Å². The summed E-state index contributed by atoms with van der Waals surface area (Å²) < 4.78 is 5.03. The summed E-state index contributed by atoms with van der Waals surface area (Å²) in [5, 5.41) is 5.41. The number of hydrogen-bond donors (Lipinski definition) is 3. The molecule has 6 heteroatoms. The highest BCUT2D eigenvalue weighted by molar-refractivity contribution is 5.93. The highest BCUT2D eigenvalue weighted by atomic mass is 16.5. The van der Waals surface area contributed by atoms with Gasteiger partial charge in [-0.1, -0.05) is 6.92 Å². The van der Waals surface area contributed by atoms with E-state index in [0.29, 0.717) is 23.7 Å². The normalized spacial score (nSPS) is 9.90. The summed E-state index contributed by atoms with van der Waals surface area (Å²) in [6, 6.07) is 5.00. The number of methoxy groups -OCH3 is 1. The average molecular weight is 279 g/mol. The average Bonchev–Trinajstić information content (AvgIpc) is 2.43. The first-order valence-electron chi connectivity index (χ1n) is 6.57. The van der Waals surface area contributed by atoms with Gasteiger partial charge in [0.25, 0.3) is 0 Å². The highest BCUT2D eigenvalue weighted by Crippen LogP contribution is 2.24. The first kappa shape index (κ1) is 15.8. The number of benzene rings is 1. The molecule has 0 heterocycles. The predicted molar refractivity (Wildman–Crippen MR) is 78.6 cm³/mol. The molecule has 4 N–H and O–H groups in total. The molecule has 0 unspecified atom stereocenters.